The van der Waals surface area contributed by atoms with E-state index in [4.69, 9.17) is 11.6 Å². The van der Waals surface area contributed by atoms with Crippen LogP contribution in [0.5, 0.6) is 0 Å². The lowest BCUT2D eigenvalue weighted by atomic mass is 9.97. The van der Waals surface area contributed by atoms with Crippen molar-refractivity contribution in [2.75, 3.05) is 6.54 Å². The maximum atomic E-state index is 6.46. The van der Waals surface area contributed by atoms with E-state index in [1.165, 1.54) is 12.1 Å². The van der Waals surface area contributed by atoms with Crippen molar-refractivity contribution in [3.05, 3.63) is 16.4 Å². The Morgan fingerprint density at radius 3 is 2.47 bits per heavy atom. The monoisotopic (exact) mass is 285 g/mol. The van der Waals surface area contributed by atoms with Crippen LogP contribution in [0.4, 0.5) is 0 Å². The van der Waals surface area contributed by atoms with Crippen LogP contribution in [-0.2, 0) is 19.4 Å². The lowest BCUT2D eigenvalue weighted by molar-refractivity contribution is 0.389. The highest BCUT2D eigenvalue weighted by Gasteiger charge is 2.19. The molecular formula is C15H28ClN3. The molecule has 0 radical (unpaired) electrons. The van der Waals surface area contributed by atoms with Crippen LogP contribution in [0.3, 0.4) is 0 Å². The first-order chi connectivity index (χ1) is 9.04. The van der Waals surface area contributed by atoms with Gasteiger partial charge >= 0.3 is 0 Å². The number of rotatable bonds is 8. The molecule has 0 spiro atoms. The fourth-order valence-electron chi connectivity index (χ4n) is 2.27. The van der Waals surface area contributed by atoms with E-state index in [1.54, 1.807) is 0 Å². The Labute approximate surface area is 122 Å². The maximum absolute atomic E-state index is 6.46. The van der Waals surface area contributed by atoms with Gasteiger partial charge in [-0.1, -0.05) is 32.4 Å². The molecule has 1 aromatic rings. The first-order valence-electron chi connectivity index (χ1n) is 7.52. The molecule has 2 atom stereocenters. The summed E-state index contributed by atoms with van der Waals surface area (Å²) in [6.07, 6.45) is 3.05. The molecular weight excluding hydrogens is 258 g/mol. The van der Waals surface area contributed by atoms with Gasteiger partial charge in [-0.05, 0) is 45.6 Å². The van der Waals surface area contributed by atoms with Gasteiger partial charge in [-0.3, -0.25) is 4.68 Å². The number of nitrogens with one attached hydrogen (secondary N) is 1. The van der Waals surface area contributed by atoms with E-state index in [0.717, 1.165) is 36.6 Å². The van der Waals surface area contributed by atoms with Crippen LogP contribution >= 0.6 is 11.6 Å². The third kappa shape index (κ3) is 4.22. The molecule has 2 unspecified atom stereocenters. The zero-order valence-corrected chi connectivity index (χ0v) is 13.7. The average Bonchev–Trinajstić information content (AvgIpc) is 2.72. The highest BCUT2D eigenvalue weighted by molar-refractivity contribution is 6.31. The molecule has 19 heavy (non-hydrogen) atoms. The number of hydrogen-bond donors (Lipinski definition) is 1. The molecule has 1 aromatic heterocycles. The number of hydrogen-bond acceptors (Lipinski definition) is 2. The molecule has 1 N–H and O–H groups in total. The minimum Gasteiger partial charge on any atom is -0.314 e. The minimum atomic E-state index is 0.501. The molecule has 0 saturated carbocycles. The summed E-state index contributed by atoms with van der Waals surface area (Å²) in [6.45, 7) is 12.9. The molecule has 3 nitrogen and oxygen atoms in total. The van der Waals surface area contributed by atoms with E-state index < -0.39 is 0 Å². The molecule has 1 rings (SSSR count). The second kappa shape index (κ2) is 7.91. The van der Waals surface area contributed by atoms with Crippen molar-refractivity contribution in [1.82, 2.24) is 15.1 Å². The van der Waals surface area contributed by atoms with Gasteiger partial charge in [0.25, 0.3) is 0 Å². The predicted octanol–water partition coefficient (Wildman–Crippen LogP) is 3.69. The molecule has 4 heteroatoms. The normalized spacial score (nSPS) is 14.6. The first kappa shape index (κ1) is 16.5. The average molecular weight is 286 g/mol. The number of aromatic nitrogens is 2. The van der Waals surface area contributed by atoms with Crippen molar-refractivity contribution in [3.8, 4) is 0 Å². The van der Waals surface area contributed by atoms with Crippen LogP contribution in [0, 0.1) is 5.92 Å². The summed E-state index contributed by atoms with van der Waals surface area (Å²) in [4.78, 5) is 0. The third-order valence-electron chi connectivity index (χ3n) is 3.78. The molecule has 110 valence electrons. The van der Waals surface area contributed by atoms with Crippen molar-refractivity contribution in [2.24, 2.45) is 5.92 Å². The summed E-state index contributed by atoms with van der Waals surface area (Å²) in [7, 11) is 0. The summed E-state index contributed by atoms with van der Waals surface area (Å²) in [5, 5.41) is 9.02. The van der Waals surface area contributed by atoms with Gasteiger partial charge in [-0.25, -0.2) is 0 Å². The van der Waals surface area contributed by atoms with E-state index in [1.807, 2.05) is 0 Å². The molecule has 1 heterocycles. The van der Waals surface area contributed by atoms with Crippen molar-refractivity contribution >= 4 is 11.6 Å². The van der Waals surface area contributed by atoms with Crippen LogP contribution in [0.2, 0.25) is 5.02 Å². The number of aryl methyl sites for hydroxylation is 2. The van der Waals surface area contributed by atoms with E-state index in [2.05, 4.69) is 49.7 Å². The van der Waals surface area contributed by atoms with Gasteiger partial charge in [0.05, 0.1) is 16.4 Å². The molecule has 0 aromatic carbocycles. The Balaban J connectivity index is 2.77. The van der Waals surface area contributed by atoms with Gasteiger partial charge in [0.1, 0.15) is 0 Å². The topological polar surface area (TPSA) is 29.9 Å². The second-order valence-electron chi connectivity index (χ2n) is 5.30. The molecule has 0 saturated heterocycles. The smallest absolute Gasteiger partial charge is 0.0849 e. The third-order valence-corrected chi connectivity index (χ3v) is 4.22. The quantitative estimate of drug-likeness (QED) is 0.789. The van der Waals surface area contributed by atoms with Gasteiger partial charge in [0.2, 0.25) is 0 Å². The van der Waals surface area contributed by atoms with Gasteiger partial charge < -0.3 is 5.32 Å². The van der Waals surface area contributed by atoms with Crippen molar-refractivity contribution in [2.45, 2.75) is 66.5 Å². The molecule has 0 bridgehead atoms. The summed E-state index contributed by atoms with van der Waals surface area (Å²) in [5.41, 5.74) is 2.22. The lowest BCUT2D eigenvalue weighted by Crippen LogP contribution is -2.34. The maximum Gasteiger partial charge on any atom is 0.0849 e. The van der Waals surface area contributed by atoms with Crippen LogP contribution in [0.25, 0.3) is 0 Å². The zero-order valence-electron chi connectivity index (χ0n) is 13.0. The SMILES string of the molecule is CCCNC(C)C(C)Cc1c(Cl)c(CC)nn1CC. The van der Waals surface area contributed by atoms with Gasteiger partial charge in [-0.2, -0.15) is 5.10 Å². The fourth-order valence-corrected chi connectivity index (χ4v) is 2.61. The highest BCUT2D eigenvalue weighted by Crippen LogP contribution is 2.25. The molecule has 0 aliphatic heterocycles. The Hall–Kier alpha value is -0.540. The Kier molecular flexibility index (Phi) is 6.87. The Morgan fingerprint density at radius 2 is 1.95 bits per heavy atom. The largest absolute Gasteiger partial charge is 0.314 e. The highest BCUT2D eigenvalue weighted by atomic mass is 35.5. The molecule has 0 aliphatic rings. The Bertz CT molecular complexity index is 387. The Morgan fingerprint density at radius 1 is 1.26 bits per heavy atom. The second-order valence-corrected chi connectivity index (χ2v) is 5.68. The summed E-state index contributed by atoms with van der Waals surface area (Å²) in [5.74, 6) is 0.552. The van der Waals surface area contributed by atoms with E-state index in [0.29, 0.717) is 12.0 Å². The van der Waals surface area contributed by atoms with Crippen LogP contribution in [0.15, 0.2) is 0 Å². The van der Waals surface area contributed by atoms with Crippen molar-refractivity contribution in [3.63, 3.8) is 0 Å². The molecule has 0 aliphatic carbocycles. The van der Waals surface area contributed by atoms with E-state index >= 15 is 0 Å². The zero-order chi connectivity index (χ0) is 14.4. The van der Waals surface area contributed by atoms with E-state index in [-0.39, 0.29) is 0 Å². The fraction of sp³-hybridized carbons (Fsp3) is 0.800. The standard InChI is InChI=1S/C15H28ClN3/c1-6-9-17-12(5)11(4)10-14-15(16)13(7-2)18-19(14)8-3/h11-12,17H,6-10H2,1-5H3. The van der Waals surface area contributed by atoms with Crippen LogP contribution in [0.1, 0.15) is 52.4 Å². The van der Waals surface area contributed by atoms with Crippen molar-refractivity contribution in [1.29, 1.82) is 0 Å². The lowest BCUT2D eigenvalue weighted by Gasteiger charge is -2.21. The molecule has 0 fully saturated rings. The van der Waals surface area contributed by atoms with Crippen molar-refractivity contribution < 1.29 is 0 Å². The number of halogens is 1. The van der Waals surface area contributed by atoms with Gasteiger partial charge in [0, 0.05) is 12.6 Å². The summed E-state index contributed by atoms with van der Waals surface area (Å²) >= 11 is 6.46. The summed E-state index contributed by atoms with van der Waals surface area (Å²) in [6, 6.07) is 0.501. The predicted molar refractivity (Wildman–Crippen MR) is 82.9 cm³/mol. The minimum absolute atomic E-state index is 0.501. The van der Waals surface area contributed by atoms with Crippen LogP contribution in [-0.4, -0.2) is 22.4 Å². The summed E-state index contributed by atoms with van der Waals surface area (Å²) < 4.78 is 2.06. The van der Waals surface area contributed by atoms with Gasteiger partial charge in [-0.15, -0.1) is 0 Å². The number of nitrogens with zero attached hydrogens (tertiary/aromatic N) is 2. The van der Waals surface area contributed by atoms with Gasteiger partial charge in [0.15, 0.2) is 0 Å². The van der Waals surface area contributed by atoms with E-state index in [9.17, 15) is 0 Å². The molecule has 0 amide bonds. The first-order valence-corrected chi connectivity index (χ1v) is 7.90. The van der Waals surface area contributed by atoms with Crippen LogP contribution < -0.4 is 5.32 Å².